The van der Waals surface area contributed by atoms with Crippen LogP contribution in [0, 0.1) is 0 Å². The molecule has 118 valence electrons. The van der Waals surface area contributed by atoms with Gasteiger partial charge in [0.15, 0.2) is 11.5 Å². The van der Waals surface area contributed by atoms with Crippen molar-refractivity contribution in [2.24, 2.45) is 0 Å². The number of methoxy groups -OCH3 is 2. The molecule has 0 saturated heterocycles. The third-order valence-corrected chi connectivity index (χ3v) is 3.84. The molecule has 0 fully saturated rings. The number of rotatable bonds is 5. The molecule has 0 amide bonds. The SMILES string of the molecule is CCC(C)n1cc(C(=O)O)c2cc(OC)c(OC)cc2c1=O. The summed E-state index contributed by atoms with van der Waals surface area (Å²) in [6.07, 6.45) is 2.12. The molecule has 0 aliphatic rings. The molecule has 2 aromatic rings. The Morgan fingerprint density at radius 2 is 1.77 bits per heavy atom. The van der Waals surface area contributed by atoms with E-state index in [0.717, 1.165) is 6.42 Å². The summed E-state index contributed by atoms with van der Waals surface area (Å²) >= 11 is 0. The molecule has 6 nitrogen and oxygen atoms in total. The average Bonchev–Trinajstić information content (AvgIpc) is 2.52. The highest BCUT2D eigenvalue weighted by Crippen LogP contribution is 2.32. The van der Waals surface area contributed by atoms with Gasteiger partial charge >= 0.3 is 5.97 Å². The fraction of sp³-hybridized carbons (Fsp3) is 0.375. The van der Waals surface area contributed by atoms with Crippen LogP contribution in [0.1, 0.15) is 36.7 Å². The standard InChI is InChI=1S/C16H19NO5/c1-5-9(2)17-8-12(16(19)20)10-6-13(21-3)14(22-4)7-11(10)15(17)18/h6-9H,5H2,1-4H3,(H,19,20). The third kappa shape index (κ3) is 2.52. The van der Waals surface area contributed by atoms with Gasteiger partial charge in [0.1, 0.15) is 0 Å². The second-order valence-electron chi connectivity index (χ2n) is 5.07. The number of pyridine rings is 1. The average molecular weight is 305 g/mol. The van der Waals surface area contributed by atoms with E-state index >= 15 is 0 Å². The number of benzene rings is 1. The number of ether oxygens (including phenoxy) is 2. The summed E-state index contributed by atoms with van der Waals surface area (Å²) in [6.45, 7) is 3.82. The van der Waals surface area contributed by atoms with Crippen molar-refractivity contribution in [2.45, 2.75) is 26.3 Å². The number of fused-ring (bicyclic) bond motifs is 1. The molecule has 0 spiro atoms. The van der Waals surface area contributed by atoms with E-state index in [9.17, 15) is 14.7 Å². The lowest BCUT2D eigenvalue weighted by molar-refractivity contribution is 0.0698. The van der Waals surface area contributed by atoms with Crippen molar-refractivity contribution >= 4 is 16.7 Å². The number of carboxylic acids is 1. The van der Waals surface area contributed by atoms with E-state index in [4.69, 9.17) is 9.47 Å². The number of aromatic carboxylic acids is 1. The summed E-state index contributed by atoms with van der Waals surface area (Å²) in [5.74, 6) is -0.308. The maximum atomic E-state index is 12.6. The first-order chi connectivity index (χ1) is 10.4. The third-order valence-electron chi connectivity index (χ3n) is 3.84. The summed E-state index contributed by atoms with van der Waals surface area (Å²) in [5, 5.41) is 10.1. The van der Waals surface area contributed by atoms with Crippen molar-refractivity contribution in [3.05, 3.63) is 34.2 Å². The topological polar surface area (TPSA) is 77.8 Å². The number of nitrogens with zero attached hydrogens (tertiary/aromatic N) is 1. The Labute approximate surface area is 127 Å². The highest BCUT2D eigenvalue weighted by atomic mass is 16.5. The van der Waals surface area contributed by atoms with Crippen LogP contribution < -0.4 is 15.0 Å². The second-order valence-corrected chi connectivity index (χ2v) is 5.07. The van der Waals surface area contributed by atoms with Crippen molar-refractivity contribution in [3.8, 4) is 11.5 Å². The zero-order valence-electron chi connectivity index (χ0n) is 13.0. The molecule has 1 atom stereocenters. The summed E-state index contributed by atoms with van der Waals surface area (Å²) in [5.41, 5.74) is -0.175. The van der Waals surface area contributed by atoms with Gasteiger partial charge in [-0.15, -0.1) is 0 Å². The minimum atomic E-state index is -1.09. The Morgan fingerprint density at radius 3 is 2.23 bits per heavy atom. The van der Waals surface area contributed by atoms with Gasteiger partial charge in [-0.2, -0.15) is 0 Å². The zero-order chi connectivity index (χ0) is 16.4. The normalized spacial score (nSPS) is 12.2. The second kappa shape index (κ2) is 6.09. The molecular formula is C16H19NO5. The lowest BCUT2D eigenvalue weighted by Crippen LogP contribution is -2.24. The van der Waals surface area contributed by atoms with Crippen LogP contribution in [-0.4, -0.2) is 29.9 Å². The number of carbonyl (C=O) groups is 1. The molecule has 1 aromatic carbocycles. The molecule has 22 heavy (non-hydrogen) atoms. The smallest absolute Gasteiger partial charge is 0.337 e. The molecular weight excluding hydrogens is 286 g/mol. The van der Waals surface area contributed by atoms with Gasteiger partial charge in [0, 0.05) is 17.6 Å². The molecule has 6 heteroatoms. The van der Waals surface area contributed by atoms with Crippen LogP contribution >= 0.6 is 0 Å². The highest BCUT2D eigenvalue weighted by Gasteiger charge is 2.19. The van der Waals surface area contributed by atoms with Gasteiger partial charge in [-0.05, 0) is 25.5 Å². The largest absolute Gasteiger partial charge is 0.493 e. The van der Waals surface area contributed by atoms with Gasteiger partial charge in [0.2, 0.25) is 0 Å². The molecule has 1 unspecified atom stereocenters. The van der Waals surface area contributed by atoms with Gasteiger partial charge in [-0.25, -0.2) is 4.79 Å². The summed E-state index contributed by atoms with van der Waals surface area (Å²) in [4.78, 5) is 24.2. The Bertz CT molecular complexity index is 778. The maximum Gasteiger partial charge on any atom is 0.337 e. The summed E-state index contributed by atoms with van der Waals surface area (Å²) in [7, 11) is 2.93. The Morgan fingerprint density at radius 1 is 1.23 bits per heavy atom. The van der Waals surface area contributed by atoms with Crippen LogP contribution in [0.5, 0.6) is 11.5 Å². The zero-order valence-corrected chi connectivity index (χ0v) is 13.0. The van der Waals surface area contributed by atoms with Crippen molar-refractivity contribution < 1.29 is 19.4 Å². The molecule has 1 heterocycles. The predicted octanol–water partition coefficient (Wildman–Crippen LogP) is 2.69. The van der Waals surface area contributed by atoms with E-state index in [1.165, 1.54) is 37.1 Å². The predicted molar refractivity (Wildman–Crippen MR) is 83.3 cm³/mol. The molecule has 0 saturated carbocycles. The van der Waals surface area contributed by atoms with Gasteiger partial charge in [-0.1, -0.05) is 6.92 Å². The first-order valence-corrected chi connectivity index (χ1v) is 6.98. The van der Waals surface area contributed by atoms with Crippen LogP contribution in [0.3, 0.4) is 0 Å². The Kier molecular flexibility index (Phi) is 4.40. The molecule has 1 aromatic heterocycles. The first-order valence-electron chi connectivity index (χ1n) is 6.98. The lowest BCUT2D eigenvalue weighted by Gasteiger charge is -2.17. The number of hydrogen-bond acceptors (Lipinski definition) is 4. The molecule has 2 rings (SSSR count). The highest BCUT2D eigenvalue weighted by molar-refractivity contribution is 6.04. The lowest BCUT2D eigenvalue weighted by atomic mass is 10.1. The Hall–Kier alpha value is -2.50. The van der Waals surface area contributed by atoms with Crippen LogP contribution in [-0.2, 0) is 0 Å². The molecule has 0 bridgehead atoms. The minimum Gasteiger partial charge on any atom is -0.493 e. The summed E-state index contributed by atoms with van der Waals surface area (Å²) < 4.78 is 11.9. The van der Waals surface area contributed by atoms with Crippen LogP contribution in [0.25, 0.3) is 10.8 Å². The number of aromatic nitrogens is 1. The van der Waals surface area contributed by atoms with Gasteiger partial charge < -0.3 is 19.1 Å². The van der Waals surface area contributed by atoms with Crippen molar-refractivity contribution in [2.75, 3.05) is 14.2 Å². The van der Waals surface area contributed by atoms with Crippen molar-refractivity contribution in [3.63, 3.8) is 0 Å². The van der Waals surface area contributed by atoms with Crippen molar-refractivity contribution in [1.29, 1.82) is 0 Å². The fourth-order valence-corrected chi connectivity index (χ4v) is 2.38. The Balaban J connectivity index is 2.93. The van der Waals surface area contributed by atoms with Crippen molar-refractivity contribution in [1.82, 2.24) is 4.57 Å². The van der Waals surface area contributed by atoms with E-state index in [2.05, 4.69) is 0 Å². The van der Waals surface area contributed by atoms with E-state index in [0.29, 0.717) is 22.3 Å². The summed E-state index contributed by atoms with van der Waals surface area (Å²) in [6, 6.07) is 2.96. The van der Waals surface area contributed by atoms with Gasteiger partial charge in [0.25, 0.3) is 5.56 Å². The van der Waals surface area contributed by atoms with Crippen LogP contribution in [0.4, 0.5) is 0 Å². The molecule has 0 radical (unpaired) electrons. The maximum absolute atomic E-state index is 12.6. The van der Waals surface area contributed by atoms with E-state index in [-0.39, 0.29) is 17.2 Å². The molecule has 0 aliphatic carbocycles. The quantitative estimate of drug-likeness (QED) is 0.919. The number of hydrogen-bond donors (Lipinski definition) is 1. The fourth-order valence-electron chi connectivity index (χ4n) is 2.38. The first kappa shape index (κ1) is 15.9. The van der Waals surface area contributed by atoms with Gasteiger partial charge in [-0.3, -0.25) is 4.79 Å². The monoisotopic (exact) mass is 305 g/mol. The molecule has 1 N–H and O–H groups in total. The van der Waals surface area contributed by atoms with Crippen LogP contribution in [0.15, 0.2) is 23.1 Å². The van der Waals surface area contributed by atoms with E-state index in [1.807, 2.05) is 13.8 Å². The van der Waals surface area contributed by atoms with E-state index < -0.39 is 5.97 Å². The van der Waals surface area contributed by atoms with E-state index in [1.54, 1.807) is 0 Å². The van der Waals surface area contributed by atoms with Crippen LogP contribution in [0.2, 0.25) is 0 Å². The molecule has 0 aliphatic heterocycles. The minimum absolute atomic E-state index is 0.0656. The van der Waals surface area contributed by atoms with Gasteiger partial charge in [0.05, 0.1) is 25.2 Å². The number of carboxylic acid groups (broad SMARTS) is 1.